The second-order valence-corrected chi connectivity index (χ2v) is 6.32. The van der Waals surface area contributed by atoms with E-state index in [0.29, 0.717) is 0 Å². The Bertz CT molecular complexity index is 696. The number of aromatic carboxylic acids is 1. The van der Waals surface area contributed by atoms with Gasteiger partial charge in [0.25, 0.3) is 0 Å². The Morgan fingerprint density at radius 2 is 1.90 bits per heavy atom. The monoisotopic (exact) mass is 324 g/mol. The first-order chi connectivity index (χ1) is 9.46. The third-order valence-corrected chi connectivity index (χ3v) is 4.13. The zero-order chi connectivity index (χ0) is 16.1. The third kappa shape index (κ3) is 2.95. The molecule has 0 amide bonds. The van der Waals surface area contributed by atoms with Crippen molar-refractivity contribution in [1.29, 1.82) is 0 Å². The lowest BCUT2D eigenvalue weighted by Crippen LogP contribution is -2.39. The van der Waals surface area contributed by atoms with Crippen LogP contribution in [-0.2, 0) is 10.0 Å². The molecule has 21 heavy (non-hydrogen) atoms. The first kappa shape index (κ1) is 15.6. The van der Waals surface area contributed by atoms with Crippen molar-refractivity contribution in [3.8, 4) is 0 Å². The van der Waals surface area contributed by atoms with E-state index in [2.05, 4.69) is 5.32 Å². The first-order valence-corrected chi connectivity index (χ1v) is 7.26. The van der Waals surface area contributed by atoms with Crippen LogP contribution in [0.2, 0.25) is 0 Å². The van der Waals surface area contributed by atoms with Gasteiger partial charge in [0.05, 0.1) is 10.5 Å². The van der Waals surface area contributed by atoms with E-state index in [1.54, 1.807) is 0 Å². The summed E-state index contributed by atoms with van der Waals surface area (Å²) in [6, 6.07) is 2.65. The summed E-state index contributed by atoms with van der Waals surface area (Å²) in [5.74, 6) is -1.55. The van der Waals surface area contributed by atoms with Gasteiger partial charge in [-0.05, 0) is 31.0 Å². The van der Waals surface area contributed by atoms with E-state index in [1.165, 1.54) is 0 Å². The van der Waals surface area contributed by atoms with Crippen molar-refractivity contribution in [3.05, 3.63) is 23.8 Å². The lowest BCUT2D eigenvalue weighted by molar-refractivity contribution is -0.151. The lowest BCUT2D eigenvalue weighted by atomic mass is 10.1. The number of nitrogens with two attached hydrogens (primary N) is 1. The Balaban J connectivity index is 2.44. The standard InChI is InChI=1S/C11H11F3N2O4S/c12-11(13,14)10(3-4-10)16-8-2-1-6(21(15,19)20)5-7(8)9(17)18/h1-2,5,16H,3-4H2,(H,17,18)(H2,15,19,20). The highest BCUT2D eigenvalue weighted by molar-refractivity contribution is 7.89. The number of sulfonamides is 1. The van der Waals surface area contributed by atoms with Crippen molar-refractivity contribution in [2.45, 2.75) is 29.5 Å². The third-order valence-electron chi connectivity index (χ3n) is 3.22. The molecule has 0 bridgehead atoms. The Kier molecular flexibility index (Phi) is 3.41. The van der Waals surface area contributed by atoms with Crippen LogP contribution in [0.4, 0.5) is 18.9 Å². The number of halogens is 3. The van der Waals surface area contributed by atoms with Crippen LogP contribution >= 0.6 is 0 Å². The molecule has 0 aromatic heterocycles. The van der Waals surface area contributed by atoms with Gasteiger partial charge in [0, 0.05) is 5.69 Å². The van der Waals surface area contributed by atoms with E-state index in [9.17, 15) is 26.4 Å². The molecule has 6 nitrogen and oxygen atoms in total. The molecule has 1 saturated carbocycles. The van der Waals surface area contributed by atoms with Gasteiger partial charge in [0.1, 0.15) is 5.54 Å². The fourth-order valence-corrected chi connectivity index (χ4v) is 2.39. The van der Waals surface area contributed by atoms with Crippen molar-refractivity contribution in [3.63, 3.8) is 0 Å². The van der Waals surface area contributed by atoms with Gasteiger partial charge in [-0.1, -0.05) is 0 Å². The summed E-state index contributed by atoms with van der Waals surface area (Å²) in [5, 5.41) is 16.0. The van der Waals surface area contributed by atoms with Gasteiger partial charge in [-0.15, -0.1) is 0 Å². The molecular weight excluding hydrogens is 313 g/mol. The molecule has 1 aliphatic carbocycles. The second kappa shape index (κ2) is 4.60. The number of primary sulfonamides is 1. The number of nitrogens with one attached hydrogen (secondary N) is 1. The SMILES string of the molecule is NS(=O)(=O)c1ccc(NC2(C(F)(F)F)CC2)c(C(=O)O)c1. The van der Waals surface area contributed by atoms with Crippen molar-refractivity contribution in [1.82, 2.24) is 0 Å². The highest BCUT2D eigenvalue weighted by atomic mass is 32.2. The number of benzene rings is 1. The zero-order valence-corrected chi connectivity index (χ0v) is 11.3. The molecule has 1 aromatic rings. The first-order valence-electron chi connectivity index (χ1n) is 5.71. The largest absolute Gasteiger partial charge is 0.478 e. The van der Waals surface area contributed by atoms with Crippen molar-refractivity contribution >= 4 is 21.7 Å². The van der Waals surface area contributed by atoms with Crippen LogP contribution in [0.1, 0.15) is 23.2 Å². The highest BCUT2D eigenvalue weighted by Gasteiger charge is 2.63. The van der Waals surface area contributed by atoms with Crippen LogP contribution in [0.5, 0.6) is 0 Å². The Hall–Kier alpha value is -1.81. The second-order valence-electron chi connectivity index (χ2n) is 4.76. The van der Waals surface area contributed by atoms with E-state index in [1.807, 2.05) is 0 Å². The number of carbonyl (C=O) groups is 1. The number of carboxylic acids is 1. The predicted octanol–water partition coefficient (Wildman–Crippen LogP) is 1.54. The minimum Gasteiger partial charge on any atom is -0.478 e. The van der Waals surface area contributed by atoms with Crippen LogP contribution in [-0.4, -0.2) is 31.2 Å². The van der Waals surface area contributed by atoms with Crippen LogP contribution in [0.25, 0.3) is 0 Å². The maximum Gasteiger partial charge on any atom is 0.411 e. The average molecular weight is 324 g/mol. The summed E-state index contributed by atoms with van der Waals surface area (Å²) in [7, 11) is -4.15. The van der Waals surface area contributed by atoms with Gasteiger partial charge in [0.15, 0.2) is 0 Å². The fraction of sp³-hybridized carbons (Fsp3) is 0.364. The van der Waals surface area contributed by atoms with E-state index in [0.717, 1.165) is 18.2 Å². The van der Waals surface area contributed by atoms with Crippen LogP contribution in [0, 0.1) is 0 Å². The number of carboxylic acid groups (broad SMARTS) is 1. The van der Waals surface area contributed by atoms with E-state index in [4.69, 9.17) is 10.2 Å². The van der Waals surface area contributed by atoms with Gasteiger partial charge in [-0.3, -0.25) is 0 Å². The topological polar surface area (TPSA) is 109 Å². The van der Waals surface area contributed by atoms with Crippen LogP contribution in [0.15, 0.2) is 23.1 Å². The quantitative estimate of drug-likeness (QED) is 0.778. The summed E-state index contributed by atoms with van der Waals surface area (Å²) in [6.07, 6.45) is -4.87. The summed E-state index contributed by atoms with van der Waals surface area (Å²) in [4.78, 5) is 10.6. The molecule has 1 aliphatic rings. The molecule has 0 saturated heterocycles. The smallest absolute Gasteiger partial charge is 0.411 e. The minimum atomic E-state index is -4.53. The van der Waals surface area contributed by atoms with Crippen LogP contribution in [0.3, 0.4) is 0 Å². The van der Waals surface area contributed by atoms with E-state index >= 15 is 0 Å². The maximum atomic E-state index is 12.9. The molecule has 4 N–H and O–H groups in total. The van der Waals surface area contributed by atoms with E-state index in [-0.39, 0.29) is 18.5 Å². The highest BCUT2D eigenvalue weighted by Crippen LogP contribution is 2.51. The summed E-state index contributed by atoms with van der Waals surface area (Å²) < 4.78 is 60.9. The number of rotatable bonds is 4. The number of anilines is 1. The van der Waals surface area contributed by atoms with Gasteiger partial charge < -0.3 is 10.4 Å². The molecular formula is C11H11F3N2O4S. The minimum absolute atomic E-state index is 0.174. The molecule has 116 valence electrons. The Morgan fingerprint density at radius 1 is 1.33 bits per heavy atom. The average Bonchev–Trinajstić information content (AvgIpc) is 3.08. The molecule has 0 atom stereocenters. The Morgan fingerprint density at radius 3 is 2.29 bits per heavy atom. The summed E-state index contributed by atoms with van der Waals surface area (Å²) >= 11 is 0. The number of hydrogen-bond acceptors (Lipinski definition) is 4. The molecule has 10 heteroatoms. The zero-order valence-electron chi connectivity index (χ0n) is 10.4. The van der Waals surface area contributed by atoms with Crippen molar-refractivity contribution in [2.24, 2.45) is 5.14 Å². The molecule has 1 aromatic carbocycles. The predicted molar refractivity (Wildman–Crippen MR) is 66.4 cm³/mol. The molecule has 1 fully saturated rings. The number of hydrogen-bond donors (Lipinski definition) is 3. The van der Waals surface area contributed by atoms with Gasteiger partial charge in [0.2, 0.25) is 10.0 Å². The van der Waals surface area contributed by atoms with Gasteiger partial charge in [-0.2, -0.15) is 13.2 Å². The molecule has 0 spiro atoms. The molecule has 2 rings (SSSR count). The van der Waals surface area contributed by atoms with Gasteiger partial charge >= 0.3 is 12.1 Å². The van der Waals surface area contributed by atoms with Crippen molar-refractivity contribution < 1.29 is 31.5 Å². The lowest BCUT2D eigenvalue weighted by Gasteiger charge is -2.23. The van der Waals surface area contributed by atoms with E-state index < -0.39 is 38.2 Å². The maximum absolute atomic E-state index is 12.9. The van der Waals surface area contributed by atoms with Crippen molar-refractivity contribution in [2.75, 3.05) is 5.32 Å². The van der Waals surface area contributed by atoms with Gasteiger partial charge in [-0.25, -0.2) is 18.4 Å². The normalized spacial score (nSPS) is 17.3. The summed E-state index contributed by atoms with van der Waals surface area (Å²) in [6.45, 7) is 0. The molecule has 0 aliphatic heterocycles. The fourth-order valence-electron chi connectivity index (χ4n) is 1.85. The number of alkyl halides is 3. The molecule has 0 unspecified atom stereocenters. The molecule has 0 radical (unpaired) electrons. The Labute approximate surface area is 117 Å². The van der Waals surface area contributed by atoms with Crippen LogP contribution < -0.4 is 10.5 Å². The molecule has 0 heterocycles. The summed E-state index contributed by atoms with van der Waals surface area (Å²) in [5.41, 5.74) is -3.04.